The summed E-state index contributed by atoms with van der Waals surface area (Å²) in [5.74, 6) is 1.99. The van der Waals surface area contributed by atoms with E-state index in [2.05, 4.69) is 20.2 Å². The van der Waals surface area contributed by atoms with Crippen LogP contribution in [0.3, 0.4) is 0 Å². The number of hydrogen-bond acceptors (Lipinski definition) is 4. The average Bonchev–Trinajstić information content (AvgIpc) is 3.29. The summed E-state index contributed by atoms with van der Waals surface area (Å²) < 4.78 is 0. The number of carbonyl (C=O) groups is 1. The Morgan fingerprint density at radius 3 is 3.00 bits per heavy atom. The molecule has 1 saturated heterocycles. The second-order valence-corrected chi connectivity index (χ2v) is 5.99. The van der Waals surface area contributed by atoms with Crippen LogP contribution in [-0.2, 0) is 4.79 Å². The van der Waals surface area contributed by atoms with Gasteiger partial charge in [0.15, 0.2) is 0 Å². The van der Waals surface area contributed by atoms with Gasteiger partial charge in [0.05, 0.1) is 5.92 Å². The Bertz CT molecular complexity index is 487. The summed E-state index contributed by atoms with van der Waals surface area (Å²) >= 11 is 0. The predicted octanol–water partition coefficient (Wildman–Crippen LogP) is 1.53. The Balaban J connectivity index is 1.59. The highest BCUT2D eigenvalue weighted by molar-refractivity contribution is 5.79. The van der Waals surface area contributed by atoms with Crippen LogP contribution in [-0.4, -0.2) is 35.5 Å². The first kappa shape index (κ1) is 13.3. The summed E-state index contributed by atoms with van der Waals surface area (Å²) in [5.41, 5.74) is 0.968. The van der Waals surface area contributed by atoms with E-state index in [1.807, 2.05) is 13.0 Å². The highest BCUT2D eigenvalue weighted by atomic mass is 16.1. The monoisotopic (exact) mass is 274 g/mol. The molecule has 1 aromatic heterocycles. The van der Waals surface area contributed by atoms with E-state index in [4.69, 9.17) is 0 Å². The minimum atomic E-state index is 0.0952. The average molecular weight is 274 g/mol. The molecule has 1 atom stereocenters. The van der Waals surface area contributed by atoms with Crippen LogP contribution in [0, 0.1) is 18.8 Å². The van der Waals surface area contributed by atoms with Crippen LogP contribution >= 0.6 is 0 Å². The topological polar surface area (TPSA) is 58.1 Å². The molecule has 1 aliphatic heterocycles. The van der Waals surface area contributed by atoms with Crippen molar-refractivity contribution in [1.29, 1.82) is 0 Å². The van der Waals surface area contributed by atoms with E-state index in [0.29, 0.717) is 0 Å². The number of aryl methyl sites for hydroxylation is 1. The molecular weight excluding hydrogens is 252 g/mol. The molecule has 0 bridgehead atoms. The maximum Gasteiger partial charge on any atom is 0.224 e. The van der Waals surface area contributed by atoms with Crippen LogP contribution in [0.5, 0.6) is 0 Å². The van der Waals surface area contributed by atoms with Gasteiger partial charge in [-0.15, -0.1) is 0 Å². The van der Waals surface area contributed by atoms with Crippen molar-refractivity contribution in [3.63, 3.8) is 0 Å². The van der Waals surface area contributed by atoms with E-state index < -0.39 is 0 Å². The van der Waals surface area contributed by atoms with Crippen molar-refractivity contribution in [3.8, 4) is 0 Å². The van der Waals surface area contributed by atoms with Gasteiger partial charge >= 0.3 is 0 Å². The summed E-state index contributed by atoms with van der Waals surface area (Å²) in [5, 5.41) is 3.10. The van der Waals surface area contributed by atoms with Crippen LogP contribution in [0.15, 0.2) is 12.4 Å². The van der Waals surface area contributed by atoms with Gasteiger partial charge in [0.1, 0.15) is 12.1 Å². The van der Waals surface area contributed by atoms with Crippen molar-refractivity contribution in [2.75, 3.05) is 24.5 Å². The Hall–Kier alpha value is -1.65. The van der Waals surface area contributed by atoms with E-state index in [-0.39, 0.29) is 11.8 Å². The number of nitrogens with one attached hydrogen (secondary N) is 1. The lowest BCUT2D eigenvalue weighted by molar-refractivity contribution is -0.125. The Kier molecular flexibility index (Phi) is 3.85. The largest absolute Gasteiger partial charge is 0.356 e. The van der Waals surface area contributed by atoms with E-state index >= 15 is 0 Å². The molecule has 2 heterocycles. The zero-order valence-electron chi connectivity index (χ0n) is 12.0. The van der Waals surface area contributed by atoms with E-state index in [0.717, 1.165) is 49.9 Å². The summed E-state index contributed by atoms with van der Waals surface area (Å²) in [6.07, 6.45) is 6.18. The quantitative estimate of drug-likeness (QED) is 0.904. The highest BCUT2D eigenvalue weighted by Crippen LogP contribution is 2.28. The molecule has 5 heteroatoms. The molecule has 5 nitrogen and oxygen atoms in total. The van der Waals surface area contributed by atoms with Crippen molar-refractivity contribution in [2.45, 2.75) is 32.6 Å². The first-order valence-corrected chi connectivity index (χ1v) is 7.53. The number of carbonyl (C=O) groups excluding carboxylic acids is 1. The fraction of sp³-hybridized carbons (Fsp3) is 0.667. The number of aromatic nitrogens is 2. The molecule has 2 fully saturated rings. The molecular formula is C15H22N4O. The smallest absolute Gasteiger partial charge is 0.224 e. The predicted molar refractivity (Wildman–Crippen MR) is 77.4 cm³/mol. The van der Waals surface area contributed by atoms with Crippen molar-refractivity contribution in [3.05, 3.63) is 18.1 Å². The molecule has 1 amide bonds. The van der Waals surface area contributed by atoms with Gasteiger partial charge in [0, 0.05) is 31.4 Å². The third kappa shape index (κ3) is 3.26. The Morgan fingerprint density at radius 1 is 1.40 bits per heavy atom. The van der Waals surface area contributed by atoms with E-state index in [1.54, 1.807) is 6.33 Å². The Morgan fingerprint density at radius 2 is 2.25 bits per heavy atom. The SMILES string of the molecule is Cc1cc(N2CCCC(C(=O)NCC3CC3)C2)ncn1. The van der Waals surface area contributed by atoms with Crippen LogP contribution in [0.25, 0.3) is 0 Å². The Labute approximate surface area is 119 Å². The lowest BCUT2D eigenvalue weighted by Crippen LogP contribution is -2.43. The van der Waals surface area contributed by atoms with Crippen molar-refractivity contribution in [2.24, 2.45) is 11.8 Å². The third-order valence-corrected chi connectivity index (χ3v) is 4.17. The lowest BCUT2D eigenvalue weighted by atomic mass is 9.97. The van der Waals surface area contributed by atoms with Crippen molar-refractivity contribution < 1.29 is 4.79 Å². The van der Waals surface area contributed by atoms with E-state index in [1.165, 1.54) is 12.8 Å². The fourth-order valence-corrected chi connectivity index (χ4v) is 2.72. The first-order valence-electron chi connectivity index (χ1n) is 7.53. The molecule has 2 aliphatic rings. The second kappa shape index (κ2) is 5.77. The number of amides is 1. The molecule has 0 aromatic carbocycles. The zero-order chi connectivity index (χ0) is 13.9. The van der Waals surface area contributed by atoms with Gasteiger partial charge in [-0.3, -0.25) is 4.79 Å². The second-order valence-electron chi connectivity index (χ2n) is 5.99. The number of nitrogens with zero attached hydrogens (tertiary/aromatic N) is 3. The highest BCUT2D eigenvalue weighted by Gasteiger charge is 2.28. The van der Waals surface area contributed by atoms with E-state index in [9.17, 15) is 4.79 Å². The molecule has 1 aliphatic carbocycles. The van der Waals surface area contributed by atoms with Gasteiger partial charge in [-0.25, -0.2) is 9.97 Å². The standard InChI is InChI=1S/C15H22N4O/c1-11-7-14(18-10-17-11)19-6-2-3-13(9-19)15(20)16-8-12-4-5-12/h7,10,12-13H,2-6,8-9H2,1H3,(H,16,20). The first-order chi connectivity index (χ1) is 9.72. The number of hydrogen-bond donors (Lipinski definition) is 1. The summed E-state index contributed by atoms with van der Waals surface area (Å²) in [6, 6.07) is 1.99. The van der Waals surface area contributed by atoms with Gasteiger partial charge in [-0.2, -0.15) is 0 Å². The van der Waals surface area contributed by atoms with Gasteiger partial charge in [0.2, 0.25) is 5.91 Å². The molecule has 20 heavy (non-hydrogen) atoms. The van der Waals surface area contributed by atoms with Crippen LogP contribution < -0.4 is 10.2 Å². The normalized spacial score (nSPS) is 22.6. The molecule has 3 rings (SSSR count). The van der Waals surface area contributed by atoms with Gasteiger partial charge in [-0.05, 0) is 38.5 Å². The molecule has 1 aromatic rings. The van der Waals surface area contributed by atoms with Crippen molar-refractivity contribution >= 4 is 11.7 Å². The minimum Gasteiger partial charge on any atom is -0.356 e. The molecule has 0 spiro atoms. The third-order valence-electron chi connectivity index (χ3n) is 4.17. The molecule has 0 radical (unpaired) electrons. The molecule has 1 N–H and O–H groups in total. The molecule has 1 saturated carbocycles. The summed E-state index contributed by atoms with van der Waals surface area (Å²) in [7, 11) is 0. The molecule has 1 unspecified atom stereocenters. The van der Waals surface area contributed by atoms with Crippen molar-refractivity contribution in [1.82, 2.24) is 15.3 Å². The number of anilines is 1. The van der Waals surface area contributed by atoms with Crippen LogP contribution in [0.2, 0.25) is 0 Å². The van der Waals surface area contributed by atoms with Gasteiger partial charge in [0.25, 0.3) is 0 Å². The summed E-state index contributed by atoms with van der Waals surface area (Å²) in [4.78, 5) is 22.9. The maximum absolute atomic E-state index is 12.2. The van der Waals surface area contributed by atoms with Gasteiger partial charge in [-0.1, -0.05) is 0 Å². The fourth-order valence-electron chi connectivity index (χ4n) is 2.72. The number of piperidine rings is 1. The zero-order valence-corrected chi connectivity index (χ0v) is 12.0. The summed E-state index contributed by atoms with van der Waals surface area (Å²) in [6.45, 7) is 4.58. The number of rotatable bonds is 4. The maximum atomic E-state index is 12.2. The minimum absolute atomic E-state index is 0.0952. The van der Waals surface area contributed by atoms with Crippen LogP contribution in [0.4, 0.5) is 5.82 Å². The lowest BCUT2D eigenvalue weighted by Gasteiger charge is -2.32. The van der Waals surface area contributed by atoms with Gasteiger partial charge < -0.3 is 10.2 Å². The van der Waals surface area contributed by atoms with Crippen LogP contribution in [0.1, 0.15) is 31.4 Å². The molecule has 108 valence electrons.